The lowest BCUT2D eigenvalue weighted by molar-refractivity contribution is 1.36. The van der Waals surface area contributed by atoms with E-state index in [-0.39, 0.29) is 12.4 Å². The highest BCUT2D eigenvalue weighted by molar-refractivity contribution is 8.18. The molecule has 1 aromatic carbocycles. The summed E-state index contributed by atoms with van der Waals surface area (Å²) in [6, 6.07) is 10.2. The van der Waals surface area contributed by atoms with E-state index >= 15 is 0 Å². The number of pyridine rings is 1. The second kappa shape index (κ2) is 7.57. The van der Waals surface area contributed by atoms with Crippen molar-refractivity contribution in [2.75, 3.05) is 0 Å². The second-order valence-corrected chi connectivity index (χ2v) is 4.50. The van der Waals surface area contributed by atoms with E-state index in [1.54, 1.807) is 23.9 Å². The van der Waals surface area contributed by atoms with Crippen LogP contribution in [-0.2, 0) is 0 Å². The molecule has 0 saturated heterocycles. The summed E-state index contributed by atoms with van der Waals surface area (Å²) in [5, 5.41) is 6.46. The Hall–Kier alpha value is -0.680. The van der Waals surface area contributed by atoms with E-state index in [4.69, 9.17) is 0 Å². The molecule has 0 saturated carbocycles. The van der Waals surface area contributed by atoms with Crippen LogP contribution in [0.3, 0.4) is 0 Å². The summed E-state index contributed by atoms with van der Waals surface area (Å²) in [4.78, 5) is 4.01. The largest absolute Gasteiger partial charge is 0.264 e. The van der Waals surface area contributed by atoms with Gasteiger partial charge in [-0.15, -0.1) is 12.4 Å². The van der Waals surface area contributed by atoms with E-state index in [9.17, 15) is 0 Å². The van der Waals surface area contributed by atoms with Crippen molar-refractivity contribution in [3.05, 3.63) is 53.5 Å². The van der Waals surface area contributed by atoms with E-state index in [1.807, 2.05) is 41.4 Å². The zero-order chi connectivity index (χ0) is 10.3. The second-order valence-electron chi connectivity index (χ2n) is 2.81. The number of rotatable bonds is 0. The van der Waals surface area contributed by atoms with E-state index in [0.717, 1.165) is 0 Å². The predicted molar refractivity (Wildman–Crippen MR) is 76.4 cm³/mol. The monoisotopic (exact) mass is 270 g/mol. The maximum atomic E-state index is 4.01. The summed E-state index contributed by atoms with van der Waals surface area (Å²) in [5.41, 5.74) is 0. The maximum Gasteiger partial charge on any atom is 0.0346 e. The molecule has 1 aliphatic rings. The van der Waals surface area contributed by atoms with Crippen molar-refractivity contribution in [2.24, 2.45) is 0 Å². The van der Waals surface area contributed by atoms with Crippen LogP contribution >= 0.6 is 36.3 Å². The van der Waals surface area contributed by atoms with Gasteiger partial charge in [-0.25, -0.2) is 4.13 Å². The topological polar surface area (TPSA) is 24.9 Å². The number of nitrogens with zero attached hydrogens (tertiary/aromatic N) is 1. The zero-order valence-corrected chi connectivity index (χ0v) is 10.8. The molecule has 1 aliphatic heterocycles. The van der Waals surface area contributed by atoms with Gasteiger partial charge in [0.25, 0.3) is 0 Å². The molecule has 0 spiro atoms. The van der Waals surface area contributed by atoms with Crippen LogP contribution in [0.1, 0.15) is 0 Å². The van der Waals surface area contributed by atoms with Crippen LogP contribution in [-0.4, -0.2) is 4.98 Å². The number of halogens is 1. The third kappa shape index (κ3) is 4.06. The van der Waals surface area contributed by atoms with E-state index in [1.165, 1.54) is 10.8 Å². The predicted octanol–water partition coefficient (Wildman–Crippen LogP) is 4.01. The molecule has 0 unspecified atom stereocenters. The molecule has 0 fully saturated rings. The number of aromatic nitrogens is 1. The minimum atomic E-state index is 0. The Bertz CT molecular complexity index is 391. The fraction of sp³-hybridized carbons (Fsp3) is 0. The number of hydrogen-bond acceptors (Lipinski definition) is 4. The summed E-state index contributed by atoms with van der Waals surface area (Å²) in [6.45, 7) is 0. The molecule has 1 N–H and O–H groups in total. The van der Waals surface area contributed by atoms with Crippen LogP contribution in [0.5, 0.6) is 0 Å². The van der Waals surface area contributed by atoms with Gasteiger partial charge in [-0.2, -0.15) is 0 Å². The number of benzene rings is 1. The standard InChI is InChI=1S/C9H7N.C2H3NS2.ClH/c1-2-4-9-7-10-6-5-8(9)3-1;1-2-5-3-4-1;/h1-7H;1-3H;1H. The highest BCUT2D eigenvalue weighted by Crippen LogP contribution is 2.14. The first-order chi connectivity index (χ1) is 7.47. The third-order valence-corrected chi connectivity index (χ3v) is 3.32. The van der Waals surface area contributed by atoms with E-state index in [2.05, 4.69) is 21.2 Å². The van der Waals surface area contributed by atoms with Crippen molar-refractivity contribution >= 4 is 47.1 Å². The Balaban J connectivity index is 0.000000183. The quantitative estimate of drug-likeness (QED) is 0.731. The molecule has 0 aliphatic carbocycles. The normalized spacial score (nSPS) is 12.8. The summed E-state index contributed by atoms with van der Waals surface area (Å²) in [6.07, 6.45) is 3.68. The Morgan fingerprint density at radius 3 is 2.19 bits per heavy atom. The van der Waals surface area contributed by atoms with Gasteiger partial charge < -0.3 is 0 Å². The molecule has 0 amide bonds. The van der Waals surface area contributed by atoms with Crippen molar-refractivity contribution in [1.82, 2.24) is 9.11 Å². The van der Waals surface area contributed by atoms with Crippen molar-refractivity contribution in [3.63, 3.8) is 0 Å². The van der Waals surface area contributed by atoms with Gasteiger partial charge in [0.1, 0.15) is 0 Å². The molecule has 5 heteroatoms. The highest BCUT2D eigenvalue weighted by atomic mass is 35.5. The number of nitrogens with one attached hydrogen (secondary N) is 1. The summed E-state index contributed by atoms with van der Waals surface area (Å²) in [7, 11) is 0. The molecule has 0 atom stereocenters. The Kier molecular flexibility index (Phi) is 6.33. The molecule has 0 bridgehead atoms. The SMILES string of the molecule is C1=CSNS1.Cl.c1ccc2cnccc2c1. The molecule has 2 heterocycles. The minimum Gasteiger partial charge on any atom is -0.264 e. The van der Waals surface area contributed by atoms with Gasteiger partial charge in [-0.05, 0) is 51.6 Å². The van der Waals surface area contributed by atoms with Gasteiger partial charge >= 0.3 is 0 Å². The van der Waals surface area contributed by atoms with Crippen molar-refractivity contribution in [1.29, 1.82) is 0 Å². The smallest absolute Gasteiger partial charge is 0.0346 e. The highest BCUT2D eigenvalue weighted by Gasteiger charge is 1.86. The number of fused-ring (bicyclic) bond motifs is 1. The van der Waals surface area contributed by atoms with Crippen molar-refractivity contribution in [3.8, 4) is 0 Å². The molecular weight excluding hydrogens is 260 g/mol. The molecular formula is C11H11ClN2S2. The minimum absolute atomic E-state index is 0. The average Bonchev–Trinajstić information content (AvgIpc) is 2.88. The van der Waals surface area contributed by atoms with Crippen LogP contribution in [0.2, 0.25) is 0 Å². The van der Waals surface area contributed by atoms with Crippen LogP contribution in [0, 0.1) is 0 Å². The molecule has 16 heavy (non-hydrogen) atoms. The number of hydrogen-bond donors (Lipinski definition) is 1. The van der Waals surface area contributed by atoms with Gasteiger partial charge in [-0.1, -0.05) is 24.3 Å². The zero-order valence-electron chi connectivity index (χ0n) is 8.37. The fourth-order valence-electron chi connectivity index (χ4n) is 1.17. The van der Waals surface area contributed by atoms with Gasteiger partial charge in [-0.3, -0.25) is 4.98 Å². The Morgan fingerprint density at radius 1 is 0.938 bits per heavy atom. The fourth-order valence-corrected chi connectivity index (χ4v) is 2.28. The Labute approximate surface area is 110 Å². The lowest BCUT2D eigenvalue weighted by Gasteiger charge is -1.91. The average molecular weight is 271 g/mol. The van der Waals surface area contributed by atoms with Crippen molar-refractivity contribution < 1.29 is 0 Å². The molecule has 0 radical (unpaired) electrons. The Morgan fingerprint density at radius 2 is 1.62 bits per heavy atom. The first-order valence-corrected chi connectivity index (χ1v) is 6.23. The van der Waals surface area contributed by atoms with Gasteiger partial charge in [0.05, 0.1) is 0 Å². The summed E-state index contributed by atoms with van der Waals surface area (Å²) in [5.74, 6) is 0. The van der Waals surface area contributed by atoms with Crippen LogP contribution in [0.25, 0.3) is 10.8 Å². The van der Waals surface area contributed by atoms with E-state index in [0.29, 0.717) is 0 Å². The lowest BCUT2D eigenvalue weighted by atomic mass is 10.2. The molecule has 3 rings (SSSR count). The van der Waals surface area contributed by atoms with Gasteiger partial charge in [0.15, 0.2) is 0 Å². The summed E-state index contributed by atoms with van der Waals surface area (Å²) >= 11 is 3.21. The van der Waals surface area contributed by atoms with Gasteiger partial charge in [0.2, 0.25) is 0 Å². The first kappa shape index (κ1) is 13.4. The molecule has 2 nitrogen and oxygen atoms in total. The van der Waals surface area contributed by atoms with Crippen LogP contribution in [0.15, 0.2) is 53.5 Å². The molecule has 2 aromatic rings. The molecule has 1 aromatic heterocycles. The van der Waals surface area contributed by atoms with E-state index < -0.39 is 0 Å². The lowest BCUT2D eigenvalue weighted by Crippen LogP contribution is -1.72. The molecule has 84 valence electrons. The van der Waals surface area contributed by atoms with Crippen LogP contribution < -0.4 is 4.13 Å². The third-order valence-electron chi connectivity index (χ3n) is 1.84. The van der Waals surface area contributed by atoms with Crippen LogP contribution in [0.4, 0.5) is 0 Å². The van der Waals surface area contributed by atoms with Crippen molar-refractivity contribution in [2.45, 2.75) is 0 Å². The summed E-state index contributed by atoms with van der Waals surface area (Å²) < 4.78 is 2.94. The maximum absolute atomic E-state index is 4.01. The van der Waals surface area contributed by atoms with Gasteiger partial charge in [0, 0.05) is 12.4 Å². The first-order valence-electron chi connectivity index (χ1n) is 4.47.